The highest BCUT2D eigenvalue weighted by molar-refractivity contribution is 5.27. The molecule has 0 spiro atoms. The smallest absolute Gasteiger partial charge is 0.258 e. The van der Waals surface area contributed by atoms with E-state index in [1.54, 1.807) is 12.2 Å². The Kier molecular flexibility index (Phi) is 2.21. The largest absolute Gasteiger partial charge is 0.265 e. The molecule has 11 heavy (non-hydrogen) atoms. The van der Waals surface area contributed by atoms with Crippen molar-refractivity contribution < 1.29 is 4.92 Å². The lowest BCUT2D eigenvalue weighted by Crippen LogP contribution is -1.93. The van der Waals surface area contributed by atoms with Gasteiger partial charge in [-0.2, -0.15) is 0 Å². The fourth-order valence-electron chi connectivity index (χ4n) is 0.854. The molecule has 0 N–H and O–H groups in total. The summed E-state index contributed by atoms with van der Waals surface area (Å²) in [5.74, 6) is 0. The van der Waals surface area contributed by atoms with E-state index in [9.17, 15) is 10.1 Å². The number of hydrogen-bond acceptors (Lipinski definition) is 2. The molecule has 1 aliphatic carbocycles. The summed E-state index contributed by atoms with van der Waals surface area (Å²) >= 11 is 0. The van der Waals surface area contributed by atoms with E-state index in [0.717, 1.165) is 5.57 Å². The van der Waals surface area contributed by atoms with Crippen LogP contribution in [0, 0.1) is 10.1 Å². The van der Waals surface area contributed by atoms with Crippen LogP contribution in [0.2, 0.25) is 0 Å². The zero-order chi connectivity index (χ0) is 8.27. The number of allylic oxidation sites excluding steroid dienone is 5. The first-order valence-corrected chi connectivity index (χ1v) is 3.39. The van der Waals surface area contributed by atoms with Crippen molar-refractivity contribution in [2.75, 3.05) is 0 Å². The Balaban J connectivity index is 2.82. The summed E-state index contributed by atoms with van der Waals surface area (Å²) in [7, 11) is 0. The van der Waals surface area contributed by atoms with E-state index >= 15 is 0 Å². The summed E-state index contributed by atoms with van der Waals surface area (Å²) in [6.45, 7) is 1.92. The lowest BCUT2D eigenvalue weighted by atomic mass is 10.2. The number of nitro groups is 1. The normalized spacial score (nSPS) is 16.8. The van der Waals surface area contributed by atoms with Crippen molar-refractivity contribution in [2.24, 2.45) is 0 Å². The van der Waals surface area contributed by atoms with Crippen molar-refractivity contribution in [1.29, 1.82) is 0 Å². The third-order valence-corrected chi connectivity index (χ3v) is 1.49. The summed E-state index contributed by atoms with van der Waals surface area (Å²) in [6, 6.07) is 0. The van der Waals surface area contributed by atoms with Crippen LogP contribution in [0.15, 0.2) is 35.6 Å². The Hall–Kier alpha value is -1.38. The summed E-state index contributed by atoms with van der Waals surface area (Å²) < 4.78 is 0. The van der Waals surface area contributed by atoms with Gasteiger partial charge in [-0.05, 0) is 19.4 Å². The van der Waals surface area contributed by atoms with Crippen LogP contribution in [-0.2, 0) is 0 Å². The van der Waals surface area contributed by atoms with Gasteiger partial charge in [-0.1, -0.05) is 17.7 Å². The zero-order valence-electron chi connectivity index (χ0n) is 6.28. The second-order valence-corrected chi connectivity index (χ2v) is 2.40. The molecular formula is C8H9NO2. The molecular weight excluding hydrogens is 142 g/mol. The van der Waals surface area contributed by atoms with Gasteiger partial charge in [-0.25, -0.2) is 0 Å². The van der Waals surface area contributed by atoms with Gasteiger partial charge in [0.15, 0.2) is 0 Å². The van der Waals surface area contributed by atoms with Crippen LogP contribution >= 0.6 is 0 Å². The molecule has 0 heterocycles. The quantitative estimate of drug-likeness (QED) is 0.425. The topological polar surface area (TPSA) is 43.1 Å². The zero-order valence-corrected chi connectivity index (χ0v) is 6.28. The maximum atomic E-state index is 10.3. The Morgan fingerprint density at radius 2 is 2.18 bits per heavy atom. The van der Waals surface area contributed by atoms with E-state index in [2.05, 4.69) is 0 Å². The van der Waals surface area contributed by atoms with Gasteiger partial charge in [0.25, 0.3) is 5.70 Å². The first-order chi connectivity index (χ1) is 5.20. The molecule has 1 rings (SSSR count). The third-order valence-electron chi connectivity index (χ3n) is 1.49. The fourth-order valence-corrected chi connectivity index (χ4v) is 0.854. The van der Waals surface area contributed by atoms with Crippen molar-refractivity contribution in [2.45, 2.75) is 13.3 Å². The molecule has 0 saturated carbocycles. The van der Waals surface area contributed by atoms with Crippen molar-refractivity contribution in [3.63, 3.8) is 0 Å². The first-order valence-electron chi connectivity index (χ1n) is 3.39. The minimum absolute atomic E-state index is 0.179. The molecule has 3 heteroatoms. The number of nitrogens with zero attached hydrogens (tertiary/aromatic N) is 1. The average Bonchev–Trinajstić information content (AvgIpc) is 2.13. The second kappa shape index (κ2) is 3.14. The Labute approximate surface area is 64.9 Å². The van der Waals surface area contributed by atoms with Crippen LogP contribution in [0.25, 0.3) is 0 Å². The predicted octanol–water partition coefficient (Wildman–Crippen LogP) is 2.05. The molecule has 58 valence electrons. The SMILES string of the molecule is CC1=CCC=C([N+](=O)[O-])C=C1. The highest BCUT2D eigenvalue weighted by Gasteiger charge is 2.05. The molecule has 1 aliphatic rings. The number of hydrogen-bond donors (Lipinski definition) is 0. The van der Waals surface area contributed by atoms with Crippen LogP contribution in [-0.4, -0.2) is 4.92 Å². The Bertz CT molecular complexity index is 261. The van der Waals surface area contributed by atoms with Crippen LogP contribution in [0.5, 0.6) is 0 Å². The molecule has 3 nitrogen and oxygen atoms in total. The predicted molar refractivity (Wildman–Crippen MR) is 42.6 cm³/mol. The van der Waals surface area contributed by atoms with Gasteiger partial charge >= 0.3 is 0 Å². The fraction of sp³-hybridized carbons (Fsp3) is 0.250. The third kappa shape index (κ3) is 2.04. The molecule has 0 bridgehead atoms. The van der Waals surface area contributed by atoms with E-state index in [1.807, 2.05) is 13.0 Å². The molecule has 0 unspecified atom stereocenters. The van der Waals surface area contributed by atoms with Gasteiger partial charge in [0.05, 0.1) is 4.92 Å². The number of rotatable bonds is 1. The molecule has 0 amide bonds. The van der Waals surface area contributed by atoms with E-state index < -0.39 is 0 Å². The lowest BCUT2D eigenvalue weighted by Gasteiger charge is -1.86. The summed E-state index contributed by atoms with van der Waals surface area (Å²) in [4.78, 5) is 9.90. The van der Waals surface area contributed by atoms with Gasteiger partial charge in [-0.15, -0.1) is 0 Å². The van der Waals surface area contributed by atoms with Crippen molar-refractivity contribution in [3.05, 3.63) is 45.7 Å². The molecule has 0 aromatic rings. The molecule has 0 fully saturated rings. The molecule has 0 aromatic heterocycles. The second-order valence-electron chi connectivity index (χ2n) is 2.40. The standard InChI is InChI=1S/C8H9NO2/c1-7-3-2-4-8(6-5-7)9(10)11/h3-6H,2H2,1H3. The molecule has 0 atom stereocenters. The highest BCUT2D eigenvalue weighted by Crippen LogP contribution is 2.09. The van der Waals surface area contributed by atoms with Gasteiger partial charge in [0, 0.05) is 6.08 Å². The lowest BCUT2D eigenvalue weighted by molar-refractivity contribution is -0.419. The van der Waals surface area contributed by atoms with E-state index in [0.29, 0.717) is 6.42 Å². The van der Waals surface area contributed by atoms with Crippen LogP contribution < -0.4 is 0 Å². The van der Waals surface area contributed by atoms with E-state index in [4.69, 9.17) is 0 Å². The first kappa shape index (κ1) is 7.72. The average molecular weight is 151 g/mol. The summed E-state index contributed by atoms with van der Waals surface area (Å²) in [6.07, 6.45) is 7.48. The minimum atomic E-state index is -0.372. The van der Waals surface area contributed by atoms with Crippen molar-refractivity contribution >= 4 is 0 Å². The maximum absolute atomic E-state index is 10.3. The van der Waals surface area contributed by atoms with Gasteiger partial charge in [0.2, 0.25) is 0 Å². The van der Waals surface area contributed by atoms with Crippen LogP contribution in [0.1, 0.15) is 13.3 Å². The maximum Gasteiger partial charge on any atom is 0.265 e. The molecule has 0 aromatic carbocycles. The van der Waals surface area contributed by atoms with Gasteiger partial charge in [0.1, 0.15) is 0 Å². The van der Waals surface area contributed by atoms with Crippen LogP contribution in [0.3, 0.4) is 0 Å². The highest BCUT2D eigenvalue weighted by atomic mass is 16.6. The Morgan fingerprint density at radius 3 is 2.82 bits per heavy atom. The van der Waals surface area contributed by atoms with Gasteiger partial charge < -0.3 is 0 Å². The summed E-state index contributed by atoms with van der Waals surface area (Å²) in [5, 5.41) is 10.3. The summed E-state index contributed by atoms with van der Waals surface area (Å²) in [5.41, 5.74) is 1.25. The van der Waals surface area contributed by atoms with Crippen molar-refractivity contribution in [1.82, 2.24) is 0 Å². The molecule has 0 saturated heterocycles. The van der Waals surface area contributed by atoms with Crippen molar-refractivity contribution in [3.8, 4) is 0 Å². The van der Waals surface area contributed by atoms with Gasteiger partial charge in [-0.3, -0.25) is 10.1 Å². The minimum Gasteiger partial charge on any atom is -0.258 e. The van der Waals surface area contributed by atoms with E-state index in [-0.39, 0.29) is 10.6 Å². The van der Waals surface area contributed by atoms with Crippen LogP contribution in [0.4, 0.5) is 0 Å². The Morgan fingerprint density at radius 1 is 1.45 bits per heavy atom. The monoisotopic (exact) mass is 151 g/mol. The molecule has 0 radical (unpaired) electrons. The molecule has 0 aliphatic heterocycles. The van der Waals surface area contributed by atoms with E-state index in [1.165, 1.54) is 6.08 Å².